The molecule has 0 saturated heterocycles. The summed E-state index contributed by atoms with van der Waals surface area (Å²) >= 11 is 0. The van der Waals surface area contributed by atoms with Gasteiger partial charge in [0.1, 0.15) is 0 Å². The fourth-order valence-electron chi connectivity index (χ4n) is 2.75. The number of hydrogen-bond donors (Lipinski definition) is 1. The molecule has 13 heavy (non-hydrogen) atoms. The van der Waals surface area contributed by atoms with Crippen LogP contribution < -0.4 is 5.32 Å². The van der Waals surface area contributed by atoms with Gasteiger partial charge in [-0.2, -0.15) is 0 Å². The first-order chi connectivity index (χ1) is 6.10. The van der Waals surface area contributed by atoms with Gasteiger partial charge in [-0.1, -0.05) is 34.1 Å². The Balaban J connectivity index is 2.51. The first-order valence-corrected chi connectivity index (χ1v) is 5.83. The smallest absolute Gasteiger partial charge is 0.0118 e. The van der Waals surface area contributed by atoms with Gasteiger partial charge in [-0.3, -0.25) is 0 Å². The van der Waals surface area contributed by atoms with Crippen molar-refractivity contribution >= 4 is 0 Å². The van der Waals surface area contributed by atoms with Crippen molar-refractivity contribution in [3.63, 3.8) is 0 Å². The van der Waals surface area contributed by atoms with Crippen LogP contribution in [0.5, 0.6) is 0 Å². The lowest BCUT2D eigenvalue weighted by atomic mass is 9.68. The van der Waals surface area contributed by atoms with E-state index in [0.29, 0.717) is 5.41 Å². The van der Waals surface area contributed by atoms with E-state index >= 15 is 0 Å². The van der Waals surface area contributed by atoms with Gasteiger partial charge in [0.2, 0.25) is 0 Å². The monoisotopic (exact) mass is 183 g/mol. The second-order valence-electron chi connectivity index (χ2n) is 5.15. The van der Waals surface area contributed by atoms with Crippen LogP contribution in [0.4, 0.5) is 0 Å². The van der Waals surface area contributed by atoms with Crippen molar-refractivity contribution in [2.45, 2.75) is 59.4 Å². The van der Waals surface area contributed by atoms with Gasteiger partial charge < -0.3 is 5.32 Å². The third kappa shape index (κ3) is 2.70. The Morgan fingerprint density at radius 1 is 1.23 bits per heavy atom. The first kappa shape index (κ1) is 11.0. The van der Waals surface area contributed by atoms with Crippen molar-refractivity contribution in [1.29, 1.82) is 0 Å². The summed E-state index contributed by atoms with van der Waals surface area (Å²) in [5, 5.41) is 3.62. The van der Waals surface area contributed by atoms with Gasteiger partial charge in [0.05, 0.1) is 0 Å². The van der Waals surface area contributed by atoms with Gasteiger partial charge >= 0.3 is 0 Å². The van der Waals surface area contributed by atoms with Gasteiger partial charge in [-0.05, 0) is 37.1 Å². The van der Waals surface area contributed by atoms with Crippen LogP contribution in [-0.2, 0) is 0 Å². The van der Waals surface area contributed by atoms with E-state index in [1.807, 2.05) is 0 Å². The van der Waals surface area contributed by atoms with Crippen molar-refractivity contribution in [1.82, 2.24) is 5.32 Å². The van der Waals surface area contributed by atoms with Crippen LogP contribution in [0.2, 0.25) is 0 Å². The average molecular weight is 183 g/mol. The lowest BCUT2D eigenvalue weighted by Crippen LogP contribution is -2.46. The molecule has 0 amide bonds. The van der Waals surface area contributed by atoms with Crippen molar-refractivity contribution in [3.8, 4) is 0 Å². The zero-order valence-corrected chi connectivity index (χ0v) is 9.69. The fraction of sp³-hybridized carbons (Fsp3) is 1.00. The number of rotatable bonds is 3. The van der Waals surface area contributed by atoms with Gasteiger partial charge in [0, 0.05) is 6.04 Å². The maximum Gasteiger partial charge on any atom is 0.0118 e. The van der Waals surface area contributed by atoms with Crippen molar-refractivity contribution in [3.05, 3.63) is 0 Å². The minimum atomic E-state index is 0.509. The molecule has 1 N–H and O–H groups in total. The SMILES string of the molecule is CCNC1CCC(CC)CC1(C)C. The highest BCUT2D eigenvalue weighted by Crippen LogP contribution is 2.39. The summed E-state index contributed by atoms with van der Waals surface area (Å²) in [4.78, 5) is 0. The fourth-order valence-corrected chi connectivity index (χ4v) is 2.75. The van der Waals surface area contributed by atoms with E-state index in [1.54, 1.807) is 0 Å². The van der Waals surface area contributed by atoms with Crippen LogP contribution in [0.15, 0.2) is 0 Å². The molecule has 1 aliphatic carbocycles. The van der Waals surface area contributed by atoms with E-state index < -0.39 is 0 Å². The molecule has 78 valence electrons. The second kappa shape index (κ2) is 4.45. The summed E-state index contributed by atoms with van der Waals surface area (Å²) in [6, 6.07) is 0.750. The van der Waals surface area contributed by atoms with E-state index in [1.165, 1.54) is 25.7 Å². The van der Waals surface area contributed by atoms with Crippen molar-refractivity contribution in [2.75, 3.05) is 6.54 Å². The van der Waals surface area contributed by atoms with Crippen LogP contribution in [0.3, 0.4) is 0 Å². The van der Waals surface area contributed by atoms with Crippen LogP contribution in [0.25, 0.3) is 0 Å². The minimum absolute atomic E-state index is 0.509. The van der Waals surface area contributed by atoms with Crippen molar-refractivity contribution in [2.24, 2.45) is 11.3 Å². The van der Waals surface area contributed by atoms with E-state index in [2.05, 4.69) is 33.0 Å². The normalized spacial score (nSPS) is 33.2. The molecule has 1 heteroatoms. The molecule has 0 spiro atoms. The summed E-state index contributed by atoms with van der Waals surface area (Å²) in [6.07, 6.45) is 5.57. The van der Waals surface area contributed by atoms with Crippen LogP contribution in [-0.4, -0.2) is 12.6 Å². The zero-order chi connectivity index (χ0) is 9.90. The predicted octanol–water partition coefficient (Wildman–Crippen LogP) is 3.20. The standard InChI is InChI=1S/C12H25N/c1-5-10-7-8-11(13-6-2)12(3,4)9-10/h10-11,13H,5-9H2,1-4H3. The Morgan fingerprint density at radius 2 is 1.92 bits per heavy atom. The minimum Gasteiger partial charge on any atom is -0.314 e. The molecule has 0 aromatic carbocycles. The van der Waals surface area contributed by atoms with Gasteiger partial charge in [-0.25, -0.2) is 0 Å². The van der Waals surface area contributed by atoms with E-state index in [9.17, 15) is 0 Å². The maximum atomic E-state index is 3.62. The molecule has 1 fully saturated rings. The molecule has 0 aliphatic heterocycles. The number of nitrogens with one attached hydrogen (secondary N) is 1. The topological polar surface area (TPSA) is 12.0 Å². The molecule has 2 atom stereocenters. The average Bonchev–Trinajstić information content (AvgIpc) is 2.08. The molecule has 1 rings (SSSR count). The molecule has 1 nitrogen and oxygen atoms in total. The highest BCUT2D eigenvalue weighted by atomic mass is 14.9. The van der Waals surface area contributed by atoms with Gasteiger partial charge in [-0.15, -0.1) is 0 Å². The lowest BCUT2D eigenvalue weighted by molar-refractivity contribution is 0.121. The summed E-state index contributed by atoms with van der Waals surface area (Å²) in [6.45, 7) is 10.5. The Hall–Kier alpha value is -0.0400. The summed E-state index contributed by atoms with van der Waals surface area (Å²) < 4.78 is 0. The maximum absolute atomic E-state index is 3.62. The predicted molar refractivity (Wildman–Crippen MR) is 58.9 cm³/mol. The van der Waals surface area contributed by atoms with Crippen molar-refractivity contribution < 1.29 is 0 Å². The molecular weight excluding hydrogens is 158 g/mol. The quantitative estimate of drug-likeness (QED) is 0.708. The van der Waals surface area contributed by atoms with E-state index in [4.69, 9.17) is 0 Å². The van der Waals surface area contributed by atoms with Crippen LogP contribution in [0.1, 0.15) is 53.4 Å². The molecule has 0 bridgehead atoms. The zero-order valence-electron chi connectivity index (χ0n) is 9.69. The van der Waals surface area contributed by atoms with E-state index in [-0.39, 0.29) is 0 Å². The Kier molecular flexibility index (Phi) is 3.78. The lowest BCUT2D eigenvalue weighted by Gasteiger charge is -2.42. The molecule has 1 saturated carbocycles. The highest BCUT2D eigenvalue weighted by Gasteiger charge is 2.35. The largest absolute Gasteiger partial charge is 0.314 e. The van der Waals surface area contributed by atoms with Crippen LogP contribution in [0, 0.1) is 11.3 Å². The Bertz CT molecular complexity index is 151. The summed E-state index contributed by atoms with van der Waals surface area (Å²) in [7, 11) is 0. The van der Waals surface area contributed by atoms with Gasteiger partial charge in [0.15, 0.2) is 0 Å². The molecule has 0 heterocycles. The van der Waals surface area contributed by atoms with Gasteiger partial charge in [0.25, 0.3) is 0 Å². The van der Waals surface area contributed by atoms with Crippen LogP contribution >= 0.6 is 0 Å². The first-order valence-electron chi connectivity index (χ1n) is 5.83. The Labute approximate surface area is 83.3 Å². The second-order valence-corrected chi connectivity index (χ2v) is 5.15. The third-order valence-corrected chi connectivity index (χ3v) is 3.65. The summed E-state index contributed by atoms with van der Waals surface area (Å²) in [5.41, 5.74) is 0.509. The number of hydrogen-bond acceptors (Lipinski definition) is 1. The third-order valence-electron chi connectivity index (χ3n) is 3.65. The van der Waals surface area contributed by atoms with E-state index in [0.717, 1.165) is 18.5 Å². The highest BCUT2D eigenvalue weighted by molar-refractivity contribution is 4.90. The molecule has 2 unspecified atom stereocenters. The molecule has 0 aromatic heterocycles. The molecular formula is C12H25N. The summed E-state index contributed by atoms with van der Waals surface area (Å²) in [5.74, 6) is 0.977. The molecule has 0 aromatic rings. The Morgan fingerprint density at radius 3 is 2.38 bits per heavy atom. The molecule has 1 aliphatic rings. The molecule has 0 radical (unpaired) electrons.